The summed E-state index contributed by atoms with van der Waals surface area (Å²) >= 11 is 0. The fraction of sp³-hybridized carbons (Fsp3) is 0.923. The Kier molecular flexibility index (Phi) is 5.26. The highest BCUT2D eigenvalue weighted by Crippen LogP contribution is 2.36. The van der Waals surface area contributed by atoms with E-state index in [0.717, 1.165) is 13.0 Å². The minimum Gasteiger partial charge on any atom is -0.355 e. The summed E-state index contributed by atoms with van der Waals surface area (Å²) in [6.45, 7) is 5.72. The van der Waals surface area contributed by atoms with Crippen molar-refractivity contribution in [3.8, 4) is 0 Å². The van der Waals surface area contributed by atoms with Crippen LogP contribution in [0.3, 0.4) is 0 Å². The van der Waals surface area contributed by atoms with E-state index in [4.69, 9.17) is 5.73 Å². The smallest absolute Gasteiger partial charge is 0.220 e. The molecule has 0 aromatic heterocycles. The van der Waals surface area contributed by atoms with Gasteiger partial charge in [0.05, 0.1) is 0 Å². The van der Waals surface area contributed by atoms with Crippen LogP contribution < -0.4 is 11.1 Å². The molecule has 0 heterocycles. The van der Waals surface area contributed by atoms with E-state index < -0.39 is 0 Å². The number of hydrogen-bond acceptors (Lipinski definition) is 2. The van der Waals surface area contributed by atoms with Crippen LogP contribution in [-0.4, -0.2) is 19.0 Å². The largest absolute Gasteiger partial charge is 0.355 e. The van der Waals surface area contributed by atoms with Gasteiger partial charge in [-0.15, -0.1) is 0 Å². The third-order valence-corrected chi connectivity index (χ3v) is 3.99. The second-order valence-electron chi connectivity index (χ2n) is 5.41. The first-order valence-corrected chi connectivity index (χ1v) is 6.58. The van der Waals surface area contributed by atoms with Crippen molar-refractivity contribution in [3.63, 3.8) is 0 Å². The summed E-state index contributed by atoms with van der Waals surface area (Å²) in [6.07, 6.45) is 6.59. The Hall–Kier alpha value is -0.570. The molecule has 1 rings (SSSR count). The zero-order valence-electron chi connectivity index (χ0n) is 10.7. The Bertz CT molecular complexity index is 222. The number of amides is 1. The number of hydrogen-bond donors (Lipinski definition) is 2. The Morgan fingerprint density at radius 1 is 1.44 bits per heavy atom. The summed E-state index contributed by atoms with van der Waals surface area (Å²) in [4.78, 5) is 11.7. The first-order chi connectivity index (χ1) is 7.62. The molecule has 0 aromatic carbocycles. The normalized spacial score (nSPS) is 20.7. The second kappa shape index (κ2) is 6.24. The molecule has 0 aromatic rings. The van der Waals surface area contributed by atoms with Gasteiger partial charge in [0.1, 0.15) is 0 Å². The molecule has 1 unspecified atom stereocenters. The number of rotatable bonds is 6. The lowest BCUT2D eigenvalue weighted by Gasteiger charge is -2.27. The highest BCUT2D eigenvalue weighted by atomic mass is 16.1. The minimum absolute atomic E-state index is 0.189. The van der Waals surface area contributed by atoms with Crippen molar-refractivity contribution in [2.45, 2.75) is 52.4 Å². The van der Waals surface area contributed by atoms with Crippen LogP contribution in [0.5, 0.6) is 0 Å². The van der Waals surface area contributed by atoms with E-state index in [2.05, 4.69) is 19.2 Å². The monoisotopic (exact) mass is 226 g/mol. The molecule has 0 bridgehead atoms. The summed E-state index contributed by atoms with van der Waals surface area (Å²) in [5, 5.41) is 3.06. The van der Waals surface area contributed by atoms with Crippen molar-refractivity contribution < 1.29 is 4.79 Å². The molecule has 3 N–H and O–H groups in total. The second-order valence-corrected chi connectivity index (χ2v) is 5.41. The van der Waals surface area contributed by atoms with Crippen molar-refractivity contribution in [1.82, 2.24) is 5.32 Å². The molecule has 1 aliphatic rings. The standard InChI is InChI=1S/C13H26N2O/c1-3-11(2)8-12(16)15-10-13(9-14)6-4-5-7-13/h11H,3-10,14H2,1-2H3,(H,15,16). The number of nitrogens with one attached hydrogen (secondary N) is 1. The average molecular weight is 226 g/mol. The molecule has 1 aliphatic carbocycles. The van der Waals surface area contributed by atoms with Gasteiger partial charge in [-0.3, -0.25) is 4.79 Å². The van der Waals surface area contributed by atoms with Gasteiger partial charge in [-0.1, -0.05) is 33.1 Å². The summed E-state index contributed by atoms with van der Waals surface area (Å²) in [7, 11) is 0. The predicted molar refractivity (Wildman–Crippen MR) is 67.0 cm³/mol. The van der Waals surface area contributed by atoms with E-state index in [-0.39, 0.29) is 11.3 Å². The highest BCUT2D eigenvalue weighted by molar-refractivity contribution is 5.76. The molecule has 1 atom stereocenters. The van der Waals surface area contributed by atoms with E-state index in [1.54, 1.807) is 0 Å². The molecule has 3 nitrogen and oxygen atoms in total. The van der Waals surface area contributed by atoms with E-state index >= 15 is 0 Å². The van der Waals surface area contributed by atoms with Crippen molar-refractivity contribution in [3.05, 3.63) is 0 Å². The SMILES string of the molecule is CCC(C)CC(=O)NCC1(CN)CCCC1. The van der Waals surface area contributed by atoms with Gasteiger partial charge < -0.3 is 11.1 Å². The molecule has 3 heteroatoms. The van der Waals surface area contributed by atoms with Crippen LogP contribution in [0.1, 0.15) is 52.4 Å². The van der Waals surface area contributed by atoms with Crippen LogP contribution in [0.4, 0.5) is 0 Å². The Balaban J connectivity index is 2.29. The van der Waals surface area contributed by atoms with E-state index in [0.29, 0.717) is 18.9 Å². The Morgan fingerprint density at radius 2 is 2.06 bits per heavy atom. The quantitative estimate of drug-likeness (QED) is 0.728. The minimum atomic E-state index is 0.189. The van der Waals surface area contributed by atoms with Gasteiger partial charge in [-0.2, -0.15) is 0 Å². The zero-order valence-corrected chi connectivity index (χ0v) is 10.7. The van der Waals surface area contributed by atoms with E-state index in [9.17, 15) is 4.79 Å². The maximum Gasteiger partial charge on any atom is 0.220 e. The molecule has 0 saturated heterocycles. The van der Waals surface area contributed by atoms with Gasteiger partial charge in [0.15, 0.2) is 0 Å². The van der Waals surface area contributed by atoms with Crippen LogP contribution in [0.2, 0.25) is 0 Å². The van der Waals surface area contributed by atoms with Crippen molar-refractivity contribution in [2.24, 2.45) is 17.1 Å². The lowest BCUT2D eigenvalue weighted by atomic mass is 9.86. The van der Waals surface area contributed by atoms with Crippen LogP contribution in [-0.2, 0) is 4.79 Å². The lowest BCUT2D eigenvalue weighted by Crippen LogP contribution is -2.41. The summed E-state index contributed by atoms with van der Waals surface area (Å²) in [5.74, 6) is 0.673. The van der Waals surface area contributed by atoms with Gasteiger partial charge in [0, 0.05) is 13.0 Å². The van der Waals surface area contributed by atoms with Gasteiger partial charge in [-0.25, -0.2) is 0 Å². The third-order valence-electron chi connectivity index (χ3n) is 3.99. The molecule has 0 spiro atoms. The Morgan fingerprint density at radius 3 is 2.56 bits per heavy atom. The molecule has 16 heavy (non-hydrogen) atoms. The molecule has 0 aliphatic heterocycles. The van der Waals surface area contributed by atoms with Gasteiger partial charge in [-0.05, 0) is 30.7 Å². The fourth-order valence-electron chi connectivity index (χ4n) is 2.40. The first-order valence-electron chi connectivity index (χ1n) is 6.58. The van der Waals surface area contributed by atoms with Crippen molar-refractivity contribution >= 4 is 5.91 Å². The number of carbonyl (C=O) groups excluding carboxylic acids is 1. The van der Waals surface area contributed by atoms with Gasteiger partial charge in [0.2, 0.25) is 5.91 Å². The zero-order chi connectivity index (χ0) is 12.0. The van der Waals surface area contributed by atoms with Crippen LogP contribution >= 0.6 is 0 Å². The lowest BCUT2D eigenvalue weighted by molar-refractivity contribution is -0.122. The molecule has 94 valence electrons. The number of nitrogens with two attached hydrogens (primary N) is 1. The summed E-state index contributed by atoms with van der Waals surface area (Å²) < 4.78 is 0. The topological polar surface area (TPSA) is 55.1 Å². The molecular weight excluding hydrogens is 200 g/mol. The average Bonchev–Trinajstić information content (AvgIpc) is 2.75. The Labute approximate surface area is 99.2 Å². The van der Waals surface area contributed by atoms with Crippen LogP contribution in [0.25, 0.3) is 0 Å². The van der Waals surface area contributed by atoms with Crippen molar-refractivity contribution in [1.29, 1.82) is 0 Å². The molecule has 0 radical (unpaired) electrons. The third kappa shape index (κ3) is 3.78. The predicted octanol–water partition coefficient (Wildman–Crippen LogP) is 2.06. The van der Waals surface area contributed by atoms with Gasteiger partial charge in [0.25, 0.3) is 0 Å². The fourth-order valence-corrected chi connectivity index (χ4v) is 2.40. The maximum atomic E-state index is 11.7. The molecule has 1 saturated carbocycles. The van der Waals surface area contributed by atoms with Gasteiger partial charge >= 0.3 is 0 Å². The summed E-state index contributed by atoms with van der Waals surface area (Å²) in [6, 6.07) is 0. The number of carbonyl (C=O) groups is 1. The summed E-state index contributed by atoms with van der Waals surface area (Å²) in [5.41, 5.74) is 6.03. The maximum absolute atomic E-state index is 11.7. The first kappa shape index (κ1) is 13.5. The molecule has 1 amide bonds. The van der Waals surface area contributed by atoms with Crippen molar-refractivity contribution in [2.75, 3.05) is 13.1 Å². The van der Waals surface area contributed by atoms with E-state index in [1.165, 1.54) is 25.7 Å². The van der Waals surface area contributed by atoms with E-state index in [1.807, 2.05) is 0 Å². The molecular formula is C13H26N2O. The van der Waals surface area contributed by atoms with Crippen LogP contribution in [0.15, 0.2) is 0 Å². The van der Waals surface area contributed by atoms with Crippen LogP contribution in [0, 0.1) is 11.3 Å². The highest BCUT2D eigenvalue weighted by Gasteiger charge is 2.32. The molecule has 1 fully saturated rings.